The summed E-state index contributed by atoms with van der Waals surface area (Å²) < 4.78 is 82.1. The van der Waals surface area contributed by atoms with Gasteiger partial charge in [-0.1, -0.05) is 18.2 Å². The standard InChI is InChI=1S/C21H24F6N4O3/c1-4-19(18(31-33)30-11(2)20(22,23)24)8-14(19)10-29-17(32)15-7-13(9-28)5-6-16(15)34-12(3)21(25,26)27/h6-7,12-14,33H,4-5,8,10H2,1-3H3,(H,29,32)/b30-11?,31-18-. The second kappa shape index (κ2) is 10.1. The van der Waals surface area contributed by atoms with Crippen molar-refractivity contribution in [2.75, 3.05) is 6.54 Å². The molecule has 0 bridgehead atoms. The lowest BCUT2D eigenvalue weighted by Crippen LogP contribution is -2.34. The number of aliphatic imine (C=N–C) groups is 1. The molecule has 34 heavy (non-hydrogen) atoms. The third-order valence-corrected chi connectivity index (χ3v) is 5.96. The van der Waals surface area contributed by atoms with E-state index in [0.29, 0.717) is 0 Å². The van der Waals surface area contributed by atoms with Crippen molar-refractivity contribution < 1.29 is 41.1 Å². The molecule has 0 aromatic rings. The first-order valence-corrected chi connectivity index (χ1v) is 10.4. The molecule has 2 rings (SSSR count). The van der Waals surface area contributed by atoms with Crippen LogP contribution in [-0.2, 0) is 9.53 Å². The van der Waals surface area contributed by atoms with Crippen molar-refractivity contribution in [2.45, 2.75) is 58.5 Å². The van der Waals surface area contributed by atoms with Gasteiger partial charge in [0.2, 0.25) is 0 Å². The Morgan fingerprint density at radius 3 is 2.53 bits per heavy atom. The number of hydrogen-bond donors (Lipinski definition) is 2. The smallest absolute Gasteiger partial charge is 0.429 e. The first-order valence-electron chi connectivity index (χ1n) is 10.4. The quantitative estimate of drug-likeness (QED) is 0.177. The van der Waals surface area contributed by atoms with E-state index in [-0.39, 0.29) is 37.1 Å². The van der Waals surface area contributed by atoms with Gasteiger partial charge in [0, 0.05) is 12.0 Å². The number of nitriles is 1. The molecule has 2 aliphatic carbocycles. The average Bonchev–Trinajstić information content (AvgIpc) is 3.48. The third kappa shape index (κ3) is 6.09. The molecule has 0 aliphatic heterocycles. The Kier molecular flexibility index (Phi) is 8.06. The molecule has 188 valence electrons. The molecule has 2 aliphatic rings. The Labute approximate surface area is 191 Å². The third-order valence-electron chi connectivity index (χ3n) is 5.96. The maximum absolute atomic E-state index is 12.9. The maximum atomic E-state index is 12.9. The molecule has 2 N–H and O–H groups in total. The van der Waals surface area contributed by atoms with Crippen LogP contribution in [0.15, 0.2) is 33.6 Å². The number of rotatable bonds is 7. The molecule has 13 heteroatoms. The molecule has 0 saturated heterocycles. The van der Waals surface area contributed by atoms with Crippen molar-refractivity contribution in [3.63, 3.8) is 0 Å². The molecule has 4 atom stereocenters. The van der Waals surface area contributed by atoms with Crippen LogP contribution in [0.1, 0.15) is 40.0 Å². The number of nitrogens with one attached hydrogen (secondary N) is 1. The molecule has 1 amide bonds. The number of oxime groups is 1. The summed E-state index contributed by atoms with van der Waals surface area (Å²) in [5.41, 5.74) is -2.42. The molecule has 0 aromatic carbocycles. The van der Waals surface area contributed by atoms with E-state index in [9.17, 15) is 36.3 Å². The minimum atomic E-state index is -4.70. The molecule has 0 aromatic heterocycles. The number of hydrogen-bond acceptors (Lipinski definition) is 5. The second-order valence-electron chi connectivity index (χ2n) is 8.16. The fourth-order valence-electron chi connectivity index (χ4n) is 3.62. The monoisotopic (exact) mass is 494 g/mol. The van der Waals surface area contributed by atoms with Crippen molar-refractivity contribution >= 4 is 17.5 Å². The Hall–Kier alpha value is -3.04. The number of carbonyl (C=O) groups is 1. The highest BCUT2D eigenvalue weighted by Gasteiger charge is 2.57. The minimum absolute atomic E-state index is 0.0665. The van der Waals surface area contributed by atoms with E-state index < -0.39 is 53.2 Å². The molecular formula is C21H24F6N4O3. The summed E-state index contributed by atoms with van der Waals surface area (Å²) in [5.74, 6) is -2.67. The van der Waals surface area contributed by atoms with Crippen molar-refractivity contribution in [2.24, 2.45) is 27.4 Å². The zero-order valence-electron chi connectivity index (χ0n) is 18.6. The van der Waals surface area contributed by atoms with Gasteiger partial charge < -0.3 is 15.3 Å². The van der Waals surface area contributed by atoms with Crippen molar-refractivity contribution in [1.29, 1.82) is 5.26 Å². The lowest BCUT2D eigenvalue weighted by molar-refractivity contribution is -0.202. The Morgan fingerprint density at radius 2 is 2.03 bits per heavy atom. The van der Waals surface area contributed by atoms with E-state index in [2.05, 4.69) is 15.5 Å². The zero-order chi connectivity index (χ0) is 25.9. The summed E-state index contributed by atoms with van der Waals surface area (Å²) in [4.78, 5) is 16.2. The first-order chi connectivity index (χ1) is 15.7. The maximum Gasteiger partial charge on any atom is 0.429 e. The van der Waals surface area contributed by atoms with Gasteiger partial charge in [-0.15, -0.1) is 0 Å². The van der Waals surface area contributed by atoms with Gasteiger partial charge in [-0.05, 0) is 45.1 Å². The van der Waals surface area contributed by atoms with Gasteiger partial charge in [0.15, 0.2) is 11.9 Å². The van der Waals surface area contributed by atoms with Gasteiger partial charge in [0.25, 0.3) is 5.91 Å². The van der Waals surface area contributed by atoms with Gasteiger partial charge in [-0.3, -0.25) is 4.79 Å². The summed E-state index contributed by atoms with van der Waals surface area (Å²) >= 11 is 0. The number of ether oxygens (including phenoxy) is 1. The second-order valence-corrected chi connectivity index (χ2v) is 8.16. The number of halogens is 6. The summed E-state index contributed by atoms with van der Waals surface area (Å²) in [6, 6.07) is 1.92. The number of allylic oxidation sites excluding steroid dienone is 2. The van der Waals surface area contributed by atoms with E-state index in [1.807, 2.05) is 6.07 Å². The molecular weight excluding hydrogens is 470 g/mol. The van der Waals surface area contributed by atoms with E-state index >= 15 is 0 Å². The average molecular weight is 494 g/mol. The number of alkyl halides is 6. The van der Waals surface area contributed by atoms with E-state index in [1.165, 1.54) is 12.2 Å². The van der Waals surface area contributed by atoms with Crippen LogP contribution in [0.5, 0.6) is 0 Å². The highest BCUT2D eigenvalue weighted by molar-refractivity contribution is 6.03. The Morgan fingerprint density at radius 1 is 1.38 bits per heavy atom. The molecule has 0 spiro atoms. The van der Waals surface area contributed by atoms with Crippen LogP contribution in [0.3, 0.4) is 0 Å². The van der Waals surface area contributed by atoms with Crippen LogP contribution in [0.4, 0.5) is 26.3 Å². The topological polar surface area (TPSA) is 107 Å². The predicted octanol–water partition coefficient (Wildman–Crippen LogP) is 4.65. The largest absolute Gasteiger partial charge is 0.481 e. The Bertz CT molecular complexity index is 961. The van der Waals surface area contributed by atoms with E-state index in [1.54, 1.807) is 6.92 Å². The van der Waals surface area contributed by atoms with Crippen LogP contribution >= 0.6 is 0 Å². The first kappa shape index (κ1) is 27.2. The predicted molar refractivity (Wildman–Crippen MR) is 109 cm³/mol. The van der Waals surface area contributed by atoms with Crippen LogP contribution in [0, 0.1) is 28.6 Å². The zero-order valence-corrected chi connectivity index (χ0v) is 18.6. The van der Waals surface area contributed by atoms with Gasteiger partial charge in [0.05, 0.1) is 17.6 Å². The van der Waals surface area contributed by atoms with Gasteiger partial charge in [-0.2, -0.15) is 31.6 Å². The fourth-order valence-corrected chi connectivity index (χ4v) is 3.62. The lowest BCUT2D eigenvalue weighted by atomic mass is 9.95. The van der Waals surface area contributed by atoms with Crippen LogP contribution < -0.4 is 5.32 Å². The number of amides is 1. The highest BCUT2D eigenvalue weighted by Crippen LogP contribution is 2.56. The summed E-state index contributed by atoms with van der Waals surface area (Å²) in [7, 11) is 0. The van der Waals surface area contributed by atoms with Crippen molar-refractivity contribution in [1.82, 2.24) is 5.32 Å². The van der Waals surface area contributed by atoms with Crippen molar-refractivity contribution in [3.8, 4) is 6.07 Å². The highest BCUT2D eigenvalue weighted by atomic mass is 19.4. The van der Waals surface area contributed by atoms with Crippen molar-refractivity contribution in [3.05, 3.63) is 23.5 Å². The minimum Gasteiger partial charge on any atom is -0.481 e. The van der Waals surface area contributed by atoms with Gasteiger partial charge >= 0.3 is 12.4 Å². The van der Waals surface area contributed by atoms with E-state index in [0.717, 1.165) is 13.8 Å². The summed E-state index contributed by atoms with van der Waals surface area (Å²) in [6.07, 6.45) is -8.48. The molecule has 4 unspecified atom stereocenters. The molecule has 0 heterocycles. The summed E-state index contributed by atoms with van der Waals surface area (Å²) in [6.45, 7) is 3.12. The van der Waals surface area contributed by atoms with E-state index in [4.69, 9.17) is 10.00 Å². The fraction of sp³-hybridized carbons (Fsp3) is 0.619. The van der Waals surface area contributed by atoms with Gasteiger partial charge in [0.1, 0.15) is 11.5 Å². The number of nitrogens with zero attached hydrogens (tertiary/aromatic N) is 3. The van der Waals surface area contributed by atoms with Crippen LogP contribution in [-0.4, -0.2) is 47.7 Å². The molecule has 1 saturated carbocycles. The lowest BCUT2D eigenvalue weighted by Gasteiger charge is -2.24. The molecule has 7 nitrogen and oxygen atoms in total. The molecule has 0 radical (unpaired) electrons. The number of carbonyl (C=O) groups excluding carboxylic acids is 1. The summed E-state index contributed by atoms with van der Waals surface area (Å²) in [5, 5.41) is 23.8. The van der Waals surface area contributed by atoms with Crippen LogP contribution in [0.2, 0.25) is 0 Å². The van der Waals surface area contributed by atoms with Gasteiger partial charge in [-0.25, -0.2) is 4.99 Å². The molecule has 1 fully saturated rings. The SMILES string of the molecule is CCC1(/C(N=C(C)C(F)(F)F)=N/O)CC1CNC(=O)C1=CC(C#N)CC=C1OC(C)C(F)(F)F. The Balaban J connectivity index is 2.13. The van der Waals surface area contributed by atoms with Crippen LogP contribution in [0.25, 0.3) is 0 Å². The number of amidine groups is 1. The normalized spacial score (nSPS) is 26.7.